The van der Waals surface area contributed by atoms with Crippen LogP contribution >= 0.6 is 0 Å². The fraction of sp³-hybridized carbons (Fsp3) is 0.522. The number of ether oxygens (including phenoxy) is 1. The van der Waals surface area contributed by atoms with Crippen molar-refractivity contribution < 1.29 is 9.84 Å². The zero-order chi connectivity index (χ0) is 23.0. The van der Waals surface area contributed by atoms with Gasteiger partial charge in [0.05, 0.1) is 6.54 Å². The molecule has 32 heavy (non-hydrogen) atoms. The number of aliphatic hydroxyl groups excluding tert-OH is 1. The molecule has 2 aromatic heterocycles. The van der Waals surface area contributed by atoms with Crippen molar-refractivity contribution in [2.45, 2.75) is 46.3 Å². The van der Waals surface area contributed by atoms with E-state index >= 15 is 0 Å². The average Bonchev–Trinajstić information content (AvgIpc) is 3.13. The summed E-state index contributed by atoms with van der Waals surface area (Å²) in [4.78, 5) is 34.0. The molecule has 1 aromatic carbocycles. The molecule has 0 bridgehead atoms. The summed E-state index contributed by atoms with van der Waals surface area (Å²) in [5, 5.41) is 10.8. The van der Waals surface area contributed by atoms with Crippen molar-refractivity contribution in [2.24, 2.45) is 13.0 Å². The third-order valence-electron chi connectivity index (χ3n) is 6.24. The molecule has 1 fully saturated rings. The summed E-state index contributed by atoms with van der Waals surface area (Å²) in [5.41, 5.74) is 1.87. The number of H-pyrrole nitrogens is 1. The Hall–Kier alpha value is -3.07. The minimum absolute atomic E-state index is 0.0711. The van der Waals surface area contributed by atoms with Gasteiger partial charge in [0.15, 0.2) is 11.2 Å². The normalized spacial score (nSPS) is 17.7. The fourth-order valence-corrected chi connectivity index (χ4v) is 4.27. The highest BCUT2D eigenvalue weighted by atomic mass is 16.5. The van der Waals surface area contributed by atoms with E-state index in [1.165, 1.54) is 10.1 Å². The van der Waals surface area contributed by atoms with Crippen LogP contribution in [-0.2, 0) is 13.6 Å². The average molecular weight is 442 g/mol. The van der Waals surface area contributed by atoms with Gasteiger partial charge in [-0.05, 0) is 55.9 Å². The van der Waals surface area contributed by atoms with Crippen LogP contribution in [0.5, 0.6) is 5.75 Å². The highest BCUT2D eigenvalue weighted by Gasteiger charge is 2.26. The lowest BCUT2D eigenvalue weighted by Crippen LogP contribution is -2.37. The molecule has 2 N–H and O–H groups in total. The molecule has 0 aliphatic carbocycles. The van der Waals surface area contributed by atoms with E-state index in [4.69, 9.17) is 4.74 Å². The number of fused-ring (bicyclic) bond motifs is 1. The number of anilines is 1. The fourth-order valence-electron chi connectivity index (χ4n) is 4.27. The van der Waals surface area contributed by atoms with Gasteiger partial charge >= 0.3 is 5.69 Å². The Labute approximate surface area is 186 Å². The van der Waals surface area contributed by atoms with E-state index in [1.807, 2.05) is 32.0 Å². The molecule has 0 unspecified atom stereocenters. The van der Waals surface area contributed by atoms with Crippen molar-refractivity contribution in [1.82, 2.24) is 19.1 Å². The van der Waals surface area contributed by atoms with Gasteiger partial charge in [-0.3, -0.25) is 14.3 Å². The molecule has 0 saturated carbocycles. The monoisotopic (exact) mass is 441 g/mol. The van der Waals surface area contributed by atoms with Crippen molar-refractivity contribution in [3.05, 3.63) is 50.2 Å². The lowest BCUT2D eigenvalue weighted by Gasteiger charge is -2.32. The number of aliphatic hydroxyl groups is 1. The second kappa shape index (κ2) is 8.82. The number of nitrogens with one attached hydrogen (secondary N) is 1. The second-order valence-corrected chi connectivity index (χ2v) is 8.92. The van der Waals surface area contributed by atoms with Gasteiger partial charge in [-0.1, -0.05) is 13.0 Å². The molecule has 2 atom stereocenters. The van der Waals surface area contributed by atoms with Crippen LogP contribution in [0.1, 0.15) is 30.9 Å². The first-order valence-corrected chi connectivity index (χ1v) is 11.1. The van der Waals surface area contributed by atoms with Crippen molar-refractivity contribution in [1.29, 1.82) is 0 Å². The van der Waals surface area contributed by atoms with Crippen molar-refractivity contribution in [2.75, 3.05) is 24.6 Å². The summed E-state index contributed by atoms with van der Waals surface area (Å²) < 4.78 is 8.86. The summed E-state index contributed by atoms with van der Waals surface area (Å²) in [6, 6.07) is 5.80. The highest BCUT2D eigenvalue weighted by molar-refractivity contribution is 5.74. The molecule has 3 heterocycles. The van der Waals surface area contributed by atoms with Crippen LogP contribution in [0.4, 0.5) is 5.95 Å². The summed E-state index contributed by atoms with van der Waals surface area (Å²) in [5.74, 6) is 1.79. The van der Waals surface area contributed by atoms with Crippen LogP contribution in [0.25, 0.3) is 11.2 Å². The standard InChI is InChI=1S/C23H31N5O4/c1-14-6-5-9-27(11-14)22-24-20-19(21(30)25-23(31)26(20)4)28(22)12-17(29)13-32-18-8-7-15(2)16(3)10-18/h7-8,10,14,17,29H,5-6,9,11-13H2,1-4H3,(H,25,30,31)/t14-,17+/m1/s1. The van der Waals surface area contributed by atoms with E-state index < -0.39 is 17.4 Å². The number of hydrogen-bond donors (Lipinski definition) is 2. The van der Waals surface area contributed by atoms with Crippen LogP contribution in [-0.4, -0.2) is 50.0 Å². The van der Waals surface area contributed by atoms with E-state index in [0.717, 1.165) is 31.5 Å². The number of aromatic nitrogens is 4. The summed E-state index contributed by atoms with van der Waals surface area (Å²) in [7, 11) is 1.58. The molecule has 1 aliphatic rings. The molecule has 9 heteroatoms. The second-order valence-electron chi connectivity index (χ2n) is 8.92. The minimum atomic E-state index is -0.869. The third-order valence-corrected chi connectivity index (χ3v) is 6.24. The number of piperidine rings is 1. The predicted molar refractivity (Wildman–Crippen MR) is 124 cm³/mol. The van der Waals surface area contributed by atoms with Crippen LogP contribution in [0.15, 0.2) is 27.8 Å². The first-order valence-electron chi connectivity index (χ1n) is 11.1. The first kappa shape index (κ1) is 22.1. The number of aryl methyl sites for hydroxylation is 3. The zero-order valence-electron chi connectivity index (χ0n) is 19.1. The number of imidazole rings is 1. The predicted octanol–water partition coefficient (Wildman–Crippen LogP) is 1.72. The van der Waals surface area contributed by atoms with E-state index in [1.54, 1.807) is 11.6 Å². The maximum Gasteiger partial charge on any atom is 0.329 e. The Morgan fingerprint density at radius 1 is 1.28 bits per heavy atom. The number of benzene rings is 1. The van der Waals surface area contributed by atoms with Crippen molar-refractivity contribution in [3.8, 4) is 5.75 Å². The van der Waals surface area contributed by atoms with Crippen molar-refractivity contribution >= 4 is 17.1 Å². The summed E-state index contributed by atoms with van der Waals surface area (Å²) >= 11 is 0. The number of hydrogen-bond acceptors (Lipinski definition) is 6. The summed E-state index contributed by atoms with van der Waals surface area (Å²) in [6.07, 6.45) is 1.30. The van der Waals surface area contributed by atoms with Crippen LogP contribution < -0.4 is 20.9 Å². The van der Waals surface area contributed by atoms with Crippen LogP contribution in [0, 0.1) is 19.8 Å². The Morgan fingerprint density at radius 3 is 2.78 bits per heavy atom. The SMILES string of the molecule is Cc1ccc(OC[C@@H](O)Cn2c(N3CCC[C@@H](C)C3)nc3c2c(=O)[nH]c(=O)n3C)cc1C. The van der Waals surface area contributed by atoms with E-state index in [9.17, 15) is 14.7 Å². The summed E-state index contributed by atoms with van der Waals surface area (Å²) in [6.45, 7) is 8.06. The van der Waals surface area contributed by atoms with E-state index in [0.29, 0.717) is 23.3 Å². The highest BCUT2D eigenvalue weighted by Crippen LogP contribution is 2.25. The molecule has 4 rings (SSSR count). The van der Waals surface area contributed by atoms with Gasteiger partial charge < -0.3 is 19.3 Å². The van der Waals surface area contributed by atoms with Crippen LogP contribution in [0.3, 0.4) is 0 Å². The quantitative estimate of drug-likeness (QED) is 0.603. The van der Waals surface area contributed by atoms with Gasteiger partial charge in [-0.2, -0.15) is 4.98 Å². The maximum absolute atomic E-state index is 12.7. The molecule has 172 valence electrons. The lowest BCUT2D eigenvalue weighted by atomic mass is 10.0. The molecular formula is C23H31N5O4. The number of aromatic amines is 1. The Bertz CT molecular complexity index is 1240. The molecule has 9 nitrogen and oxygen atoms in total. The van der Waals surface area contributed by atoms with Crippen LogP contribution in [0.2, 0.25) is 0 Å². The van der Waals surface area contributed by atoms with E-state index in [2.05, 4.69) is 21.8 Å². The van der Waals surface area contributed by atoms with Gasteiger partial charge in [0.2, 0.25) is 5.95 Å². The largest absolute Gasteiger partial charge is 0.491 e. The molecule has 3 aromatic rings. The Balaban J connectivity index is 1.65. The van der Waals surface area contributed by atoms with Gasteiger partial charge in [-0.25, -0.2) is 4.79 Å². The smallest absolute Gasteiger partial charge is 0.329 e. The minimum Gasteiger partial charge on any atom is -0.491 e. The van der Waals surface area contributed by atoms with Crippen molar-refractivity contribution in [3.63, 3.8) is 0 Å². The van der Waals surface area contributed by atoms with Gasteiger partial charge in [0.1, 0.15) is 18.5 Å². The van der Waals surface area contributed by atoms with Gasteiger partial charge in [0, 0.05) is 20.1 Å². The Morgan fingerprint density at radius 2 is 2.06 bits per heavy atom. The molecule has 0 spiro atoms. The molecule has 0 radical (unpaired) electrons. The van der Waals surface area contributed by atoms with E-state index in [-0.39, 0.29) is 18.7 Å². The third kappa shape index (κ3) is 4.29. The Kier molecular flexibility index (Phi) is 6.10. The zero-order valence-corrected chi connectivity index (χ0v) is 19.1. The molecule has 1 saturated heterocycles. The number of rotatable bonds is 6. The molecular weight excluding hydrogens is 410 g/mol. The first-order chi connectivity index (χ1) is 15.2. The molecule has 0 amide bonds. The maximum atomic E-state index is 12.7. The number of nitrogens with zero attached hydrogens (tertiary/aromatic N) is 4. The molecule has 1 aliphatic heterocycles. The van der Waals surface area contributed by atoms with Gasteiger partial charge in [-0.15, -0.1) is 0 Å². The van der Waals surface area contributed by atoms with Gasteiger partial charge in [0.25, 0.3) is 5.56 Å². The topological polar surface area (TPSA) is 105 Å². The lowest BCUT2D eigenvalue weighted by molar-refractivity contribution is 0.0935.